The summed E-state index contributed by atoms with van der Waals surface area (Å²) >= 11 is 0. The van der Waals surface area contributed by atoms with Gasteiger partial charge in [0.1, 0.15) is 0 Å². The number of hydrogen-bond acceptors (Lipinski definition) is 3. The summed E-state index contributed by atoms with van der Waals surface area (Å²) < 4.78 is 0. The van der Waals surface area contributed by atoms with Gasteiger partial charge in [0.15, 0.2) is 0 Å². The van der Waals surface area contributed by atoms with E-state index in [2.05, 4.69) is 11.8 Å². The van der Waals surface area contributed by atoms with E-state index in [-0.39, 0.29) is 5.92 Å². The Morgan fingerprint density at radius 2 is 1.79 bits per heavy atom. The maximum Gasteiger partial charge on any atom is 0.225 e. The Morgan fingerprint density at radius 1 is 1.21 bits per heavy atom. The molecule has 1 unspecified atom stereocenters. The average Bonchev–Trinajstić information content (AvgIpc) is 2.46. The molecule has 104 valence electrons. The molecular weight excluding hydrogens is 238 g/mol. The molecule has 1 saturated heterocycles. The molecule has 1 aliphatic rings. The van der Waals surface area contributed by atoms with Crippen LogP contribution < -0.4 is 10.6 Å². The fourth-order valence-corrected chi connectivity index (χ4v) is 2.36. The van der Waals surface area contributed by atoms with Crippen molar-refractivity contribution in [1.82, 2.24) is 4.90 Å². The van der Waals surface area contributed by atoms with Crippen molar-refractivity contribution in [2.45, 2.75) is 20.3 Å². The van der Waals surface area contributed by atoms with Crippen molar-refractivity contribution in [2.75, 3.05) is 36.8 Å². The normalized spacial score (nSPS) is 17.4. The van der Waals surface area contributed by atoms with Gasteiger partial charge in [-0.25, -0.2) is 0 Å². The molecule has 4 nitrogen and oxygen atoms in total. The molecule has 1 fully saturated rings. The molecular formula is C15H23N3O. The predicted molar refractivity (Wildman–Crippen MR) is 79.1 cm³/mol. The third-order valence-corrected chi connectivity index (χ3v) is 3.88. The lowest BCUT2D eigenvalue weighted by Crippen LogP contribution is -2.50. The molecule has 1 heterocycles. The Morgan fingerprint density at radius 3 is 2.32 bits per heavy atom. The van der Waals surface area contributed by atoms with Crippen molar-refractivity contribution in [3.63, 3.8) is 0 Å². The lowest BCUT2D eigenvalue weighted by atomic mass is 10.1. The second-order valence-electron chi connectivity index (χ2n) is 5.21. The monoisotopic (exact) mass is 261 g/mol. The van der Waals surface area contributed by atoms with E-state index >= 15 is 0 Å². The van der Waals surface area contributed by atoms with Gasteiger partial charge >= 0.3 is 0 Å². The molecule has 0 radical (unpaired) electrons. The van der Waals surface area contributed by atoms with Crippen LogP contribution in [0.3, 0.4) is 0 Å². The van der Waals surface area contributed by atoms with E-state index in [1.54, 1.807) is 0 Å². The molecule has 1 amide bonds. The van der Waals surface area contributed by atoms with E-state index in [1.807, 2.05) is 36.1 Å². The van der Waals surface area contributed by atoms with Gasteiger partial charge in [0.2, 0.25) is 5.91 Å². The molecule has 0 aliphatic carbocycles. The van der Waals surface area contributed by atoms with E-state index in [1.165, 1.54) is 5.69 Å². The van der Waals surface area contributed by atoms with E-state index < -0.39 is 0 Å². The third-order valence-electron chi connectivity index (χ3n) is 3.88. The van der Waals surface area contributed by atoms with Crippen molar-refractivity contribution < 1.29 is 4.79 Å². The molecule has 19 heavy (non-hydrogen) atoms. The van der Waals surface area contributed by atoms with Crippen LogP contribution in [0, 0.1) is 5.92 Å². The van der Waals surface area contributed by atoms with Gasteiger partial charge in [-0.2, -0.15) is 0 Å². The van der Waals surface area contributed by atoms with Crippen molar-refractivity contribution in [3.05, 3.63) is 24.3 Å². The van der Waals surface area contributed by atoms with Crippen LogP contribution in [0.25, 0.3) is 0 Å². The SMILES string of the molecule is CCC(C)C(=O)N1CCN(c2ccc(N)cc2)CC1. The zero-order valence-corrected chi connectivity index (χ0v) is 11.8. The van der Waals surface area contributed by atoms with Crippen LogP contribution in [0.15, 0.2) is 24.3 Å². The highest BCUT2D eigenvalue weighted by molar-refractivity contribution is 5.78. The van der Waals surface area contributed by atoms with Crippen LogP contribution in [-0.2, 0) is 4.79 Å². The Labute approximate surface area is 115 Å². The van der Waals surface area contributed by atoms with Gasteiger partial charge in [-0.05, 0) is 30.7 Å². The highest BCUT2D eigenvalue weighted by Crippen LogP contribution is 2.19. The molecule has 1 atom stereocenters. The van der Waals surface area contributed by atoms with Gasteiger partial charge in [-0.15, -0.1) is 0 Å². The van der Waals surface area contributed by atoms with Gasteiger partial charge in [0.25, 0.3) is 0 Å². The van der Waals surface area contributed by atoms with Crippen LogP contribution >= 0.6 is 0 Å². The Kier molecular flexibility index (Phi) is 4.30. The number of carbonyl (C=O) groups is 1. The first-order valence-corrected chi connectivity index (χ1v) is 7.01. The lowest BCUT2D eigenvalue weighted by molar-refractivity contribution is -0.135. The van der Waals surface area contributed by atoms with Crippen LogP contribution in [0.4, 0.5) is 11.4 Å². The van der Waals surface area contributed by atoms with Crippen LogP contribution in [0.1, 0.15) is 20.3 Å². The zero-order chi connectivity index (χ0) is 13.8. The fraction of sp³-hybridized carbons (Fsp3) is 0.533. The quantitative estimate of drug-likeness (QED) is 0.846. The summed E-state index contributed by atoms with van der Waals surface area (Å²) in [6, 6.07) is 7.93. The van der Waals surface area contributed by atoms with Crippen molar-refractivity contribution in [3.8, 4) is 0 Å². The van der Waals surface area contributed by atoms with Gasteiger partial charge in [0.05, 0.1) is 0 Å². The minimum atomic E-state index is 0.142. The van der Waals surface area contributed by atoms with Gasteiger partial charge in [0, 0.05) is 43.5 Å². The maximum atomic E-state index is 12.1. The number of carbonyl (C=O) groups excluding carboxylic acids is 1. The summed E-state index contributed by atoms with van der Waals surface area (Å²) in [7, 11) is 0. The number of piperazine rings is 1. The highest BCUT2D eigenvalue weighted by Gasteiger charge is 2.23. The van der Waals surface area contributed by atoms with Gasteiger partial charge in [-0.3, -0.25) is 4.79 Å². The smallest absolute Gasteiger partial charge is 0.225 e. The molecule has 0 aromatic heterocycles. The minimum Gasteiger partial charge on any atom is -0.399 e. The summed E-state index contributed by atoms with van der Waals surface area (Å²) in [5.41, 5.74) is 7.67. The van der Waals surface area contributed by atoms with Gasteiger partial charge < -0.3 is 15.5 Å². The number of nitrogens with two attached hydrogens (primary N) is 1. The Bertz CT molecular complexity index is 422. The number of nitrogen functional groups attached to an aromatic ring is 1. The van der Waals surface area contributed by atoms with Crippen molar-refractivity contribution >= 4 is 17.3 Å². The van der Waals surface area contributed by atoms with Crippen molar-refractivity contribution in [2.24, 2.45) is 5.92 Å². The number of amides is 1. The van der Waals surface area contributed by atoms with E-state index in [9.17, 15) is 4.79 Å². The first-order valence-electron chi connectivity index (χ1n) is 7.01. The first-order chi connectivity index (χ1) is 9.11. The van der Waals surface area contributed by atoms with Gasteiger partial charge in [-0.1, -0.05) is 13.8 Å². The third kappa shape index (κ3) is 3.19. The average molecular weight is 261 g/mol. The number of anilines is 2. The van der Waals surface area contributed by atoms with E-state index in [0.717, 1.165) is 38.3 Å². The standard InChI is InChI=1S/C15H23N3O/c1-3-12(2)15(19)18-10-8-17(9-11-18)14-6-4-13(16)5-7-14/h4-7,12H,3,8-11,16H2,1-2H3. The number of benzene rings is 1. The zero-order valence-electron chi connectivity index (χ0n) is 11.8. The largest absolute Gasteiger partial charge is 0.399 e. The topological polar surface area (TPSA) is 49.6 Å². The van der Waals surface area contributed by atoms with Crippen molar-refractivity contribution in [1.29, 1.82) is 0 Å². The van der Waals surface area contributed by atoms with Crippen LogP contribution in [-0.4, -0.2) is 37.0 Å². The Hall–Kier alpha value is -1.71. The second-order valence-corrected chi connectivity index (χ2v) is 5.21. The number of hydrogen-bond donors (Lipinski definition) is 1. The maximum absolute atomic E-state index is 12.1. The molecule has 2 N–H and O–H groups in total. The van der Waals surface area contributed by atoms with Crippen LogP contribution in [0.2, 0.25) is 0 Å². The molecule has 2 rings (SSSR count). The molecule has 1 aliphatic heterocycles. The first kappa shape index (κ1) is 13.7. The molecule has 0 saturated carbocycles. The summed E-state index contributed by atoms with van der Waals surface area (Å²) in [5.74, 6) is 0.433. The predicted octanol–water partition coefficient (Wildman–Crippen LogP) is 1.96. The summed E-state index contributed by atoms with van der Waals surface area (Å²) in [6.45, 7) is 7.49. The molecule has 0 spiro atoms. The van der Waals surface area contributed by atoms with E-state index in [4.69, 9.17) is 5.73 Å². The summed E-state index contributed by atoms with van der Waals surface area (Å²) in [6.07, 6.45) is 0.914. The second kappa shape index (κ2) is 5.95. The Balaban J connectivity index is 1.92. The summed E-state index contributed by atoms with van der Waals surface area (Å²) in [5, 5.41) is 0. The fourth-order valence-electron chi connectivity index (χ4n) is 2.36. The molecule has 4 heteroatoms. The number of rotatable bonds is 3. The molecule has 0 bridgehead atoms. The minimum absolute atomic E-state index is 0.142. The molecule has 1 aromatic carbocycles. The van der Waals surface area contributed by atoms with Crippen LogP contribution in [0.5, 0.6) is 0 Å². The van der Waals surface area contributed by atoms with E-state index in [0.29, 0.717) is 5.91 Å². The summed E-state index contributed by atoms with van der Waals surface area (Å²) in [4.78, 5) is 16.4. The highest BCUT2D eigenvalue weighted by atomic mass is 16.2. The molecule has 1 aromatic rings. The lowest BCUT2D eigenvalue weighted by Gasteiger charge is -2.37. The number of nitrogens with zero attached hydrogens (tertiary/aromatic N) is 2.